The first kappa shape index (κ1) is 10.4. The fourth-order valence-electron chi connectivity index (χ4n) is 1.80. The van der Waals surface area contributed by atoms with E-state index in [0.717, 1.165) is 24.3 Å². The van der Waals surface area contributed by atoms with Gasteiger partial charge in [0.1, 0.15) is 5.82 Å². The molecule has 0 amide bonds. The van der Waals surface area contributed by atoms with E-state index in [9.17, 15) is 5.11 Å². The van der Waals surface area contributed by atoms with Crippen LogP contribution in [0.1, 0.15) is 24.9 Å². The molecule has 2 atom stereocenters. The SMILES string of the molecule is C[C@@H](N)c1ccc(N2CCC(O)C2)nc1. The molecule has 1 aromatic rings. The zero-order valence-corrected chi connectivity index (χ0v) is 8.93. The lowest BCUT2D eigenvalue weighted by Gasteiger charge is -2.17. The monoisotopic (exact) mass is 207 g/mol. The molecule has 1 saturated heterocycles. The number of hydrogen-bond acceptors (Lipinski definition) is 4. The molecule has 4 heteroatoms. The van der Waals surface area contributed by atoms with Crippen molar-refractivity contribution >= 4 is 5.82 Å². The number of aromatic nitrogens is 1. The second kappa shape index (κ2) is 4.16. The summed E-state index contributed by atoms with van der Waals surface area (Å²) >= 11 is 0. The highest BCUT2D eigenvalue weighted by Crippen LogP contribution is 2.19. The summed E-state index contributed by atoms with van der Waals surface area (Å²) in [5.74, 6) is 0.927. The van der Waals surface area contributed by atoms with Gasteiger partial charge in [-0.05, 0) is 25.0 Å². The minimum atomic E-state index is -0.208. The predicted molar refractivity (Wildman–Crippen MR) is 59.7 cm³/mol. The van der Waals surface area contributed by atoms with Gasteiger partial charge >= 0.3 is 0 Å². The van der Waals surface area contributed by atoms with Gasteiger partial charge in [0, 0.05) is 25.3 Å². The largest absolute Gasteiger partial charge is 0.391 e. The van der Waals surface area contributed by atoms with Gasteiger partial charge in [0.05, 0.1) is 6.10 Å². The first-order chi connectivity index (χ1) is 7.16. The topological polar surface area (TPSA) is 62.4 Å². The number of aliphatic hydroxyl groups excluding tert-OH is 1. The van der Waals surface area contributed by atoms with E-state index in [2.05, 4.69) is 9.88 Å². The lowest BCUT2D eigenvalue weighted by atomic mass is 10.1. The lowest BCUT2D eigenvalue weighted by molar-refractivity contribution is 0.198. The Labute approximate surface area is 89.7 Å². The predicted octanol–water partition coefficient (Wildman–Crippen LogP) is 0.672. The van der Waals surface area contributed by atoms with Crippen LogP contribution in [-0.4, -0.2) is 29.3 Å². The molecule has 4 nitrogen and oxygen atoms in total. The third-order valence-corrected chi connectivity index (χ3v) is 2.78. The summed E-state index contributed by atoms with van der Waals surface area (Å²) in [7, 11) is 0. The van der Waals surface area contributed by atoms with Crippen LogP contribution in [0.2, 0.25) is 0 Å². The Morgan fingerprint density at radius 3 is 2.87 bits per heavy atom. The van der Waals surface area contributed by atoms with Gasteiger partial charge in [-0.25, -0.2) is 4.98 Å². The third kappa shape index (κ3) is 2.27. The first-order valence-corrected chi connectivity index (χ1v) is 5.31. The van der Waals surface area contributed by atoms with E-state index in [0.29, 0.717) is 6.54 Å². The molecule has 0 aliphatic carbocycles. The van der Waals surface area contributed by atoms with Crippen molar-refractivity contribution in [3.05, 3.63) is 23.9 Å². The summed E-state index contributed by atoms with van der Waals surface area (Å²) in [4.78, 5) is 6.44. The lowest BCUT2D eigenvalue weighted by Crippen LogP contribution is -2.22. The fraction of sp³-hybridized carbons (Fsp3) is 0.545. The zero-order valence-electron chi connectivity index (χ0n) is 8.93. The van der Waals surface area contributed by atoms with Crippen LogP contribution in [0.15, 0.2) is 18.3 Å². The van der Waals surface area contributed by atoms with Crippen molar-refractivity contribution in [1.82, 2.24) is 4.98 Å². The molecule has 1 aliphatic heterocycles. The number of rotatable bonds is 2. The molecule has 1 aromatic heterocycles. The molecular formula is C11H17N3O. The highest BCUT2D eigenvalue weighted by atomic mass is 16.3. The maximum Gasteiger partial charge on any atom is 0.128 e. The van der Waals surface area contributed by atoms with Crippen LogP contribution in [0.25, 0.3) is 0 Å². The van der Waals surface area contributed by atoms with E-state index in [1.54, 1.807) is 0 Å². The third-order valence-electron chi connectivity index (χ3n) is 2.78. The molecule has 0 spiro atoms. The molecule has 0 radical (unpaired) electrons. The molecule has 2 rings (SSSR count). The molecule has 15 heavy (non-hydrogen) atoms. The van der Waals surface area contributed by atoms with Crippen LogP contribution in [0.5, 0.6) is 0 Å². The van der Waals surface area contributed by atoms with E-state index in [4.69, 9.17) is 5.73 Å². The number of pyridine rings is 1. The number of β-amino-alcohol motifs (C(OH)–C–C–N with tert-alkyl or cyclic N) is 1. The molecule has 3 N–H and O–H groups in total. The summed E-state index contributed by atoms with van der Waals surface area (Å²) in [6, 6.07) is 3.99. The minimum Gasteiger partial charge on any atom is -0.391 e. The number of aliphatic hydroxyl groups is 1. The smallest absolute Gasteiger partial charge is 0.128 e. The summed E-state index contributed by atoms with van der Waals surface area (Å²) in [6.07, 6.45) is 2.43. The number of nitrogens with two attached hydrogens (primary N) is 1. The molecular weight excluding hydrogens is 190 g/mol. The number of anilines is 1. The molecule has 1 aliphatic rings. The van der Waals surface area contributed by atoms with Crippen molar-refractivity contribution in [2.24, 2.45) is 5.73 Å². The molecule has 1 unspecified atom stereocenters. The van der Waals surface area contributed by atoms with E-state index in [1.165, 1.54) is 0 Å². The average molecular weight is 207 g/mol. The Bertz CT molecular complexity index is 323. The van der Waals surface area contributed by atoms with E-state index >= 15 is 0 Å². The van der Waals surface area contributed by atoms with Crippen molar-refractivity contribution < 1.29 is 5.11 Å². The van der Waals surface area contributed by atoms with Crippen LogP contribution in [0.4, 0.5) is 5.82 Å². The van der Waals surface area contributed by atoms with Crippen molar-refractivity contribution in [2.45, 2.75) is 25.5 Å². The Hall–Kier alpha value is -1.13. The van der Waals surface area contributed by atoms with Gasteiger partial charge in [-0.2, -0.15) is 0 Å². The van der Waals surface area contributed by atoms with Gasteiger partial charge < -0.3 is 15.7 Å². The van der Waals surface area contributed by atoms with E-state index < -0.39 is 0 Å². The number of nitrogens with zero attached hydrogens (tertiary/aromatic N) is 2. The van der Waals surface area contributed by atoms with Crippen LogP contribution < -0.4 is 10.6 Å². The summed E-state index contributed by atoms with van der Waals surface area (Å²) in [6.45, 7) is 3.51. The second-order valence-electron chi connectivity index (χ2n) is 4.13. The fourth-order valence-corrected chi connectivity index (χ4v) is 1.80. The van der Waals surface area contributed by atoms with Gasteiger partial charge in [-0.1, -0.05) is 6.07 Å². The summed E-state index contributed by atoms with van der Waals surface area (Å²) in [5.41, 5.74) is 6.79. The minimum absolute atomic E-state index is 0.0238. The standard InChI is InChI=1S/C11H17N3O/c1-8(12)9-2-3-11(13-6-9)14-5-4-10(15)7-14/h2-3,6,8,10,15H,4-5,7,12H2,1H3/t8-,10?/m1/s1. The Kier molecular flexibility index (Phi) is 2.88. The first-order valence-electron chi connectivity index (χ1n) is 5.31. The van der Waals surface area contributed by atoms with Crippen LogP contribution in [-0.2, 0) is 0 Å². The maximum absolute atomic E-state index is 9.41. The molecule has 2 heterocycles. The average Bonchev–Trinajstić information content (AvgIpc) is 2.65. The quantitative estimate of drug-likeness (QED) is 0.748. The van der Waals surface area contributed by atoms with Gasteiger partial charge in [-0.3, -0.25) is 0 Å². The molecule has 1 fully saturated rings. The second-order valence-corrected chi connectivity index (χ2v) is 4.13. The zero-order chi connectivity index (χ0) is 10.8. The van der Waals surface area contributed by atoms with Crippen molar-refractivity contribution in [2.75, 3.05) is 18.0 Å². The van der Waals surface area contributed by atoms with Gasteiger partial charge in [0.2, 0.25) is 0 Å². The highest BCUT2D eigenvalue weighted by Gasteiger charge is 2.20. The Morgan fingerprint density at radius 1 is 1.60 bits per heavy atom. The molecule has 0 saturated carbocycles. The normalized spacial score (nSPS) is 23.1. The molecule has 0 aromatic carbocycles. The highest BCUT2D eigenvalue weighted by molar-refractivity contribution is 5.41. The van der Waals surface area contributed by atoms with Gasteiger partial charge in [0.25, 0.3) is 0 Å². The van der Waals surface area contributed by atoms with Gasteiger partial charge in [-0.15, -0.1) is 0 Å². The molecule has 0 bridgehead atoms. The summed E-state index contributed by atoms with van der Waals surface area (Å²) in [5, 5.41) is 9.41. The Morgan fingerprint density at radius 2 is 2.40 bits per heavy atom. The van der Waals surface area contributed by atoms with Crippen molar-refractivity contribution in [3.8, 4) is 0 Å². The number of hydrogen-bond donors (Lipinski definition) is 2. The van der Waals surface area contributed by atoms with Crippen LogP contribution >= 0.6 is 0 Å². The van der Waals surface area contributed by atoms with Crippen LogP contribution in [0.3, 0.4) is 0 Å². The maximum atomic E-state index is 9.41. The van der Waals surface area contributed by atoms with Gasteiger partial charge in [0.15, 0.2) is 0 Å². The van der Waals surface area contributed by atoms with Crippen molar-refractivity contribution in [3.63, 3.8) is 0 Å². The summed E-state index contributed by atoms with van der Waals surface area (Å²) < 4.78 is 0. The van der Waals surface area contributed by atoms with Crippen LogP contribution in [0, 0.1) is 0 Å². The van der Waals surface area contributed by atoms with E-state index in [-0.39, 0.29) is 12.1 Å². The Balaban J connectivity index is 2.10. The molecule has 82 valence electrons. The van der Waals surface area contributed by atoms with Crippen molar-refractivity contribution in [1.29, 1.82) is 0 Å². The van der Waals surface area contributed by atoms with E-state index in [1.807, 2.05) is 25.3 Å².